The lowest BCUT2D eigenvalue weighted by atomic mass is 10.2. The van der Waals surface area contributed by atoms with Crippen molar-refractivity contribution in [1.82, 2.24) is 0 Å². The van der Waals surface area contributed by atoms with Crippen LogP contribution in [0.4, 0.5) is 8.78 Å². The van der Waals surface area contributed by atoms with Crippen LogP contribution < -0.4 is 4.74 Å². The van der Waals surface area contributed by atoms with E-state index in [1.165, 1.54) is 24.3 Å². The van der Waals surface area contributed by atoms with E-state index in [0.717, 1.165) is 0 Å². The first kappa shape index (κ1) is 13.3. The summed E-state index contributed by atoms with van der Waals surface area (Å²) in [5.41, 5.74) is 0.601. The molecular weight excluding hydrogens is 325 g/mol. The van der Waals surface area contributed by atoms with Crippen LogP contribution in [-0.2, 0) is 5.88 Å². The summed E-state index contributed by atoms with van der Waals surface area (Å²) < 4.78 is 32.2. The first-order chi connectivity index (χ1) is 8.58. The van der Waals surface area contributed by atoms with Gasteiger partial charge in [0.05, 0.1) is 4.47 Å². The second kappa shape index (κ2) is 5.67. The van der Waals surface area contributed by atoms with E-state index < -0.39 is 11.6 Å². The Kier molecular flexibility index (Phi) is 4.19. The van der Waals surface area contributed by atoms with Crippen LogP contribution in [0.15, 0.2) is 40.9 Å². The maximum atomic E-state index is 13.3. The van der Waals surface area contributed by atoms with Gasteiger partial charge in [-0.1, -0.05) is 0 Å². The van der Waals surface area contributed by atoms with Crippen molar-refractivity contribution in [3.05, 3.63) is 58.1 Å². The molecule has 2 rings (SSSR count). The van der Waals surface area contributed by atoms with E-state index in [-0.39, 0.29) is 11.6 Å². The molecule has 94 valence electrons. The molecule has 0 amide bonds. The van der Waals surface area contributed by atoms with Gasteiger partial charge in [-0.25, -0.2) is 8.78 Å². The van der Waals surface area contributed by atoms with E-state index >= 15 is 0 Å². The number of alkyl halides is 1. The summed E-state index contributed by atoms with van der Waals surface area (Å²) in [6, 6.07) is 8.47. The fraction of sp³-hybridized carbons (Fsp3) is 0.0769. The second-order valence-electron chi connectivity index (χ2n) is 3.61. The molecule has 0 aromatic heterocycles. The molecular formula is C13H8BrClF2O. The molecule has 0 saturated heterocycles. The molecule has 0 aliphatic carbocycles. The molecule has 0 heterocycles. The highest BCUT2D eigenvalue weighted by molar-refractivity contribution is 9.10. The van der Waals surface area contributed by atoms with Gasteiger partial charge in [-0.05, 0) is 45.8 Å². The summed E-state index contributed by atoms with van der Waals surface area (Å²) in [6.45, 7) is 0. The van der Waals surface area contributed by atoms with E-state index in [9.17, 15) is 8.78 Å². The summed E-state index contributed by atoms with van der Waals surface area (Å²) >= 11 is 8.67. The van der Waals surface area contributed by atoms with Crippen LogP contribution >= 0.6 is 27.5 Å². The molecule has 2 aromatic rings. The number of rotatable bonds is 3. The smallest absolute Gasteiger partial charge is 0.141 e. The number of hydrogen-bond donors (Lipinski definition) is 0. The van der Waals surface area contributed by atoms with Crippen molar-refractivity contribution in [2.24, 2.45) is 0 Å². The molecule has 0 saturated carbocycles. The average molecular weight is 334 g/mol. The zero-order valence-electron chi connectivity index (χ0n) is 9.09. The molecule has 0 bridgehead atoms. The van der Waals surface area contributed by atoms with Crippen LogP contribution in [-0.4, -0.2) is 0 Å². The molecule has 2 aromatic carbocycles. The number of ether oxygens (including phenoxy) is 1. The lowest BCUT2D eigenvalue weighted by molar-refractivity contribution is 0.470. The fourth-order valence-corrected chi connectivity index (χ4v) is 1.83. The zero-order chi connectivity index (χ0) is 13.1. The Hall–Kier alpha value is -1.13. The SMILES string of the molecule is Fc1cc(CCl)cc(Oc2ccc(Br)c(F)c2)c1. The van der Waals surface area contributed by atoms with Crippen LogP contribution in [0.5, 0.6) is 11.5 Å². The minimum atomic E-state index is -0.444. The predicted molar refractivity (Wildman–Crippen MR) is 70.1 cm³/mol. The van der Waals surface area contributed by atoms with Crippen molar-refractivity contribution in [3.8, 4) is 11.5 Å². The maximum absolute atomic E-state index is 13.3. The molecule has 0 atom stereocenters. The minimum absolute atomic E-state index is 0.183. The average Bonchev–Trinajstić information content (AvgIpc) is 2.33. The lowest BCUT2D eigenvalue weighted by Crippen LogP contribution is -1.89. The normalized spacial score (nSPS) is 10.4. The zero-order valence-corrected chi connectivity index (χ0v) is 11.4. The number of halogens is 4. The van der Waals surface area contributed by atoms with Gasteiger partial charge in [-0.3, -0.25) is 0 Å². The predicted octanol–water partition coefficient (Wildman–Crippen LogP) is 5.26. The first-order valence-corrected chi connectivity index (χ1v) is 6.39. The van der Waals surface area contributed by atoms with Crippen molar-refractivity contribution >= 4 is 27.5 Å². The summed E-state index contributed by atoms with van der Waals surface area (Å²) in [7, 11) is 0. The third-order valence-corrected chi connectivity index (χ3v) is 3.16. The molecule has 0 radical (unpaired) electrons. The molecule has 0 aliphatic rings. The van der Waals surface area contributed by atoms with Gasteiger partial charge in [0, 0.05) is 18.0 Å². The molecule has 1 nitrogen and oxygen atoms in total. The highest BCUT2D eigenvalue weighted by Gasteiger charge is 2.05. The van der Waals surface area contributed by atoms with Crippen molar-refractivity contribution in [2.45, 2.75) is 5.88 Å². The van der Waals surface area contributed by atoms with E-state index in [4.69, 9.17) is 16.3 Å². The molecule has 0 unspecified atom stereocenters. The minimum Gasteiger partial charge on any atom is -0.457 e. The molecule has 0 fully saturated rings. The highest BCUT2D eigenvalue weighted by Crippen LogP contribution is 2.27. The van der Waals surface area contributed by atoms with Crippen LogP contribution in [0.3, 0.4) is 0 Å². The van der Waals surface area contributed by atoms with Gasteiger partial charge in [0.15, 0.2) is 0 Å². The molecule has 0 spiro atoms. The van der Waals surface area contributed by atoms with Gasteiger partial charge in [-0.2, -0.15) is 0 Å². The first-order valence-electron chi connectivity index (χ1n) is 5.07. The summed E-state index contributed by atoms with van der Waals surface area (Å²) in [5, 5.41) is 0. The quantitative estimate of drug-likeness (QED) is 0.696. The standard InChI is InChI=1S/C13H8BrClF2O/c14-12-2-1-10(6-13(12)17)18-11-4-8(7-15)3-9(16)5-11/h1-6H,7H2. The lowest BCUT2D eigenvalue weighted by Gasteiger charge is -2.07. The Bertz CT molecular complexity index is 575. The van der Waals surface area contributed by atoms with Gasteiger partial charge in [0.1, 0.15) is 23.1 Å². The van der Waals surface area contributed by atoms with Gasteiger partial charge < -0.3 is 4.74 Å². The molecule has 18 heavy (non-hydrogen) atoms. The molecule has 5 heteroatoms. The molecule has 0 N–H and O–H groups in total. The topological polar surface area (TPSA) is 9.23 Å². The van der Waals surface area contributed by atoms with Crippen LogP contribution in [0, 0.1) is 11.6 Å². The maximum Gasteiger partial charge on any atom is 0.141 e. The van der Waals surface area contributed by atoms with E-state index in [1.54, 1.807) is 12.1 Å². The monoisotopic (exact) mass is 332 g/mol. The number of benzene rings is 2. The third kappa shape index (κ3) is 3.21. The summed E-state index contributed by atoms with van der Waals surface area (Å²) in [5.74, 6) is -0.126. The van der Waals surface area contributed by atoms with E-state index in [1.807, 2.05) is 0 Å². The van der Waals surface area contributed by atoms with Crippen LogP contribution in [0.25, 0.3) is 0 Å². The van der Waals surface area contributed by atoms with Crippen molar-refractivity contribution in [1.29, 1.82) is 0 Å². The largest absolute Gasteiger partial charge is 0.457 e. The van der Waals surface area contributed by atoms with Gasteiger partial charge in [0.25, 0.3) is 0 Å². The van der Waals surface area contributed by atoms with Crippen LogP contribution in [0.2, 0.25) is 0 Å². The van der Waals surface area contributed by atoms with Gasteiger partial charge in [-0.15, -0.1) is 11.6 Å². The van der Waals surface area contributed by atoms with Crippen LogP contribution in [0.1, 0.15) is 5.56 Å². The van der Waals surface area contributed by atoms with Crippen molar-refractivity contribution in [2.75, 3.05) is 0 Å². The Labute approximate surface area is 116 Å². The van der Waals surface area contributed by atoms with Gasteiger partial charge >= 0.3 is 0 Å². The Morgan fingerprint density at radius 3 is 2.50 bits per heavy atom. The summed E-state index contributed by atoms with van der Waals surface area (Å²) in [6.07, 6.45) is 0. The summed E-state index contributed by atoms with van der Waals surface area (Å²) in [4.78, 5) is 0. The van der Waals surface area contributed by atoms with E-state index in [0.29, 0.717) is 15.8 Å². The van der Waals surface area contributed by atoms with E-state index in [2.05, 4.69) is 15.9 Å². The Balaban J connectivity index is 2.27. The Morgan fingerprint density at radius 2 is 1.83 bits per heavy atom. The highest BCUT2D eigenvalue weighted by atomic mass is 79.9. The van der Waals surface area contributed by atoms with Crippen molar-refractivity contribution < 1.29 is 13.5 Å². The number of hydrogen-bond acceptors (Lipinski definition) is 1. The van der Waals surface area contributed by atoms with Gasteiger partial charge in [0.2, 0.25) is 0 Å². The second-order valence-corrected chi connectivity index (χ2v) is 4.73. The molecule has 0 aliphatic heterocycles. The fourth-order valence-electron chi connectivity index (χ4n) is 1.43. The Morgan fingerprint density at radius 1 is 1.06 bits per heavy atom. The third-order valence-electron chi connectivity index (χ3n) is 2.21. The van der Waals surface area contributed by atoms with Crippen molar-refractivity contribution in [3.63, 3.8) is 0 Å².